The van der Waals surface area contributed by atoms with Crippen molar-refractivity contribution in [1.29, 1.82) is 5.26 Å². The summed E-state index contributed by atoms with van der Waals surface area (Å²) in [5.41, 5.74) is 3.81. The van der Waals surface area contributed by atoms with Gasteiger partial charge in [-0.1, -0.05) is 11.8 Å². The summed E-state index contributed by atoms with van der Waals surface area (Å²) in [5, 5.41) is 8.76. The average molecular weight is 201 g/mol. The van der Waals surface area contributed by atoms with Crippen LogP contribution in [0.3, 0.4) is 0 Å². The SMILES string of the molecule is Cc1cc(C#N)cc(C)c1C#CCS. The van der Waals surface area contributed by atoms with E-state index in [1.165, 1.54) is 0 Å². The molecule has 0 aliphatic heterocycles. The molecule has 0 spiro atoms. The lowest BCUT2D eigenvalue weighted by molar-refractivity contribution is 1.32. The van der Waals surface area contributed by atoms with E-state index in [4.69, 9.17) is 5.26 Å². The monoisotopic (exact) mass is 201 g/mol. The molecule has 0 saturated carbocycles. The molecule has 0 amide bonds. The van der Waals surface area contributed by atoms with Crippen molar-refractivity contribution in [1.82, 2.24) is 0 Å². The first-order chi connectivity index (χ1) is 6.69. The lowest BCUT2D eigenvalue weighted by Crippen LogP contribution is -1.90. The van der Waals surface area contributed by atoms with Gasteiger partial charge in [0, 0.05) is 5.56 Å². The number of nitriles is 1. The van der Waals surface area contributed by atoms with Crippen LogP contribution in [0.2, 0.25) is 0 Å². The Morgan fingerprint density at radius 3 is 2.29 bits per heavy atom. The summed E-state index contributed by atoms with van der Waals surface area (Å²) in [7, 11) is 0. The average Bonchev–Trinajstić information content (AvgIpc) is 2.16. The van der Waals surface area contributed by atoms with Gasteiger partial charge >= 0.3 is 0 Å². The molecule has 0 aromatic heterocycles. The molecule has 0 unspecified atom stereocenters. The van der Waals surface area contributed by atoms with Crippen molar-refractivity contribution >= 4 is 12.6 Å². The lowest BCUT2D eigenvalue weighted by Gasteiger charge is -2.03. The molecule has 70 valence electrons. The Balaban J connectivity index is 3.27. The molecule has 14 heavy (non-hydrogen) atoms. The normalized spacial score (nSPS) is 8.71. The summed E-state index contributed by atoms with van der Waals surface area (Å²) in [5.74, 6) is 6.52. The third-order valence-corrected chi connectivity index (χ3v) is 2.11. The first-order valence-corrected chi connectivity index (χ1v) is 4.93. The van der Waals surface area contributed by atoms with E-state index in [1.54, 1.807) is 0 Å². The maximum Gasteiger partial charge on any atom is 0.0991 e. The van der Waals surface area contributed by atoms with Crippen molar-refractivity contribution in [3.63, 3.8) is 0 Å². The highest BCUT2D eigenvalue weighted by Crippen LogP contribution is 2.14. The van der Waals surface area contributed by atoms with Gasteiger partial charge in [-0.15, -0.1) is 0 Å². The molecule has 0 heterocycles. The smallest absolute Gasteiger partial charge is 0.0991 e. The van der Waals surface area contributed by atoms with Gasteiger partial charge < -0.3 is 0 Å². The van der Waals surface area contributed by atoms with Gasteiger partial charge in [-0.05, 0) is 37.1 Å². The summed E-state index contributed by atoms with van der Waals surface area (Å²) in [6.45, 7) is 3.94. The number of hydrogen-bond acceptors (Lipinski definition) is 2. The predicted molar refractivity (Wildman–Crippen MR) is 61.4 cm³/mol. The number of thiol groups is 1. The first-order valence-electron chi connectivity index (χ1n) is 4.30. The zero-order chi connectivity index (χ0) is 10.6. The molecule has 0 saturated heterocycles. The van der Waals surface area contributed by atoms with E-state index < -0.39 is 0 Å². The second kappa shape index (κ2) is 4.74. The van der Waals surface area contributed by atoms with Gasteiger partial charge in [-0.2, -0.15) is 17.9 Å². The molecule has 0 aliphatic rings. The van der Waals surface area contributed by atoms with Crippen LogP contribution in [0.5, 0.6) is 0 Å². The van der Waals surface area contributed by atoms with Gasteiger partial charge in [0.2, 0.25) is 0 Å². The molecule has 2 heteroatoms. The fraction of sp³-hybridized carbons (Fsp3) is 0.250. The minimum atomic E-state index is 0.554. The van der Waals surface area contributed by atoms with E-state index in [-0.39, 0.29) is 0 Å². The van der Waals surface area contributed by atoms with Crippen molar-refractivity contribution < 1.29 is 0 Å². The Hall–Kier alpha value is -1.38. The van der Waals surface area contributed by atoms with E-state index in [0.717, 1.165) is 16.7 Å². The van der Waals surface area contributed by atoms with Gasteiger partial charge in [0.1, 0.15) is 0 Å². The highest BCUT2D eigenvalue weighted by molar-refractivity contribution is 7.80. The van der Waals surface area contributed by atoms with Crippen LogP contribution in [-0.2, 0) is 0 Å². The molecule has 0 radical (unpaired) electrons. The van der Waals surface area contributed by atoms with Crippen LogP contribution < -0.4 is 0 Å². The number of rotatable bonds is 0. The van der Waals surface area contributed by atoms with Crippen LogP contribution in [0.15, 0.2) is 12.1 Å². The molecule has 0 aliphatic carbocycles. The standard InChI is InChI=1S/C12H11NS/c1-9-6-11(8-13)7-10(2)12(9)4-3-5-14/h6-7,14H,5H2,1-2H3. The van der Waals surface area contributed by atoms with Gasteiger partial charge in [-0.25, -0.2) is 0 Å². The molecule has 0 fully saturated rings. The number of nitrogens with zero attached hydrogens (tertiary/aromatic N) is 1. The number of aryl methyl sites for hydroxylation is 2. The van der Waals surface area contributed by atoms with E-state index >= 15 is 0 Å². The van der Waals surface area contributed by atoms with Crippen LogP contribution in [-0.4, -0.2) is 5.75 Å². The van der Waals surface area contributed by atoms with Gasteiger partial charge in [0.15, 0.2) is 0 Å². The summed E-state index contributed by atoms with van der Waals surface area (Å²) in [6.07, 6.45) is 0. The molecule has 1 nitrogen and oxygen atoms in total. The summed E-state index contributed by atoms with van der Waals surface area (Å²) >= 11 is 4.03. The van der Waals surface area contributed by atoms with Crippen molar-refractivity contribution in [3.8, 4) is 17.9 Å². The number of hydrogen-bond donors (Lipinski definition) is 1. The fourth-order valence-corrected chi connectivity index (χ4v) is 1.43. The molecule has 1 rings (SSSR count). The topological polar surface area (TPSA) is 23.8 Å². The van der Waals surface area contributed by atoms with E-state index in [1.807, 2.05) is 26.0 Å². The summed E-state index contributed by atoms with van der Waals surface area (Å²) < 4.78 is 0. The zero-order valence-electron chi connectivity index (χ0n) is 8.26. The highest BCUT2D eigenvalue weighted by atomic mass is 32.1. The maximum absolute atomic E-state index is 8.76. The molecule has 0 atom stereocenters. The van der Waals surface area contributed by atoms with Crippen molar-refractivity contribution in [3.05, 3.63) is 34.4 Å². The Morgan fingerprint density at radius 2 is 1.86 bits per heavy atom. The molecular weight excluding hydrogens is 190 g/mol. The van der Waals surface area contributed by atoms with E-state index in [2.05, 4.69) is 30.5 Å². The Morgan fingerprint density at radius 1 is 1.29 bits per heavy atom. The largest absolute Gasteiger partial charge is 0.192 e. The van der Waals surface area contributed by atoms with Crippen LogP contribution in [0.4, 0.5) is 0 Å². The van der Waals surface area contributed by atoms with Gasteiger partial charge in [0.05, 0.1) is 17.4 Å². The van der Waals surface area contributed by atoms with Crippen LogP contribution >= 0.6 is 12.6 Å². The van der Waals surface area contributed by atoms with Crippen LogP contribution in [0, 0.1) is 37.0 Å². The van der Waals surface area contributed by atoms with Crippen molar-refractivity contribution in [2.45, 2.75) is 13.8 Å². The molecular formula is C12H11NS. The van der Waals surface area contributed by atoms with E-state index in [9.17, 15) is 0 Å². The maximum atomic E-state index is 8.76. The Labute approximate surface area is 90.2 Å². The first kappa shape index (κ1) is 10.7. The molecule has 1 aromatic rings. The van der Waals surface area contributed by atoms with Gasteiger partial charge in [-0.3, -0.25) is 0 Å². The summed E-state index contributed by atoms with van der Waals surface area (Å²) in [4.78, 5) is 0. The second-order valence-corrected chi connectivity index (χ2v) is 3.37. The summed E-state index contributed by atoms with van der Waals surface area (Å²) in [6, 6.07) is 5.84. The molecule has 1 aromatic carbocycles. The third kappa shape index (κ3) is 2.31. The lowest BCUT2D eigenvalue weighted by atomic mass is 10.0. The minimum absolute atomic E-state index is 0.554. The van der Waals surface area contributed by atoms with Crippen LogP contribution in [0.25, 0.3) is 0 Å². The highest BCUT2D eigenvalue weighted by Gasteiger charge is 2.01. The fourth-order valence-electron chi connectivity index (χ4n) is 1.35. The second-order valence-electron chi connectivity index (χ2n) is 3.06. The predicted octanol–water partition coefficient (Wildman–Crippen LogP) is 2.46. The Kier molecular flexibility index (Phi) is 3.63. The molecule has 0 N–H and O–H groups in total. The van der Waals surface area contributed by atoms with Crippen molar-refractivity contribution in [2.75, 3.05) is 5.75 Å². The van der Waals surface area contributed by atoms with Gasteiger partial charge in [0.25, 0.3) is 0 Å². The zero-order valence-corrected chi connectivity index (χ0v) is 9.15. The van der Waals surface area contributed by atoms with Crippen LogP contribution in [0.1, 0.15) is 22.3 Å². The Bertz CT molecular complexity index is 421. The van der Waals surface area contributed by atoms with Crippen molar-refractivity contribution in [2.24, 2.45) is 0 Å². The molecule has 0 bridgehead atoms. The minimum Gasteiger partial charge on any atom is -0.192 e. The quantitative estimate of drug-likeness (QED) is 0.506. The third-order valence-electron chi connectivity index (χ3n) is 1.95. The van der Waals surface area contributed by atoms with E-state index in [0.29, 0.717) is 11.3 Å². The number of benzene rings is 1.